The molecule has 1 aromatic carbocycles. The molecule has 2 heterocycles. The van der Waals surface area contributed by atoms with Gasteiger partial charge in [-0.25, -0.2) is 4.98 Å². The SMILES string of the molecule is N#CC(=C1NCCCN1)c1nc(-c2ccccc2)cs1. The molecule has 1 saturated heterocycles. The number of benzene rings is 1. The molecule has 0 spiro atoms. The molecular formula is C15H14N4S. The van der Waals surface area contributed by atoms with Gasteiger partial charge in [-0.3, -0.25) is 0 Å². The minimum absolute atomic E-state index is 0.594. The fourth-order valence-electron chi connectivity index (χ4n) is 2.10. The summed E-state index contributed by atoms with van der Waals surface area (Å²) in [5, 5.41) is 18.6. The van der Waals surface area contributed by atoms with E-state index >= 15 is 0 Å². The molecule has 0 unspecified atom stereocenters. The Balaban J connectivity index is 1.95. The Morgan fingerprint density at radius 1 is 1.20 bits per heavy atom. The number of nitrogens with zero attached hydrogens (tertiary/aromatic N) is 2. The molecule has 0 amide bonds. The smallest absolute Gasteiger partial charge is 0.138 e. The van der Waals surface area contributed by atoms with E-state index in [4.69, 9.17) is 0 Å². The van der Waals surface area contributed by atoms with Crippen LogP contribution >= 0.6 is 11.3 Å². The highest BCUT2D eigenvalue weighted by Crippen LogP contribution is 2.26. The van der Waals surface area contributed by atoms with Crippen molar-refractivity contribution in [1.29, 1.82) is 5.26 Å². The highest BCUT2D eigenvalue weighted by atomic mass is 32.1. The summed E-state index contributed by atoms with van der Waals surface area (Å²) in [4.78, 5) is 4.59. The van der Waals surface area contributed by atoms with Crippen molar-refractivity contribution in [2.24, 2.45) is 0 Å². The standard InChI is InChI=1S/C15H14N4S/c16-9-12(14-17-7-4-8-18-14)15-19-13(10-20-15)11-5-2-1-3-6-11/h1-3,5-6,10,17-18H,4,7-8H2. The molecule has 20 heavy (non-hydrogen) atoms. The molecule has 5 heteroatoms. The van der Waals surface area contributed by atoms with Gasteiger partial charge in [0.05, 0.1) is 5.69 Å². The summed E-state index contributed by atoms with van der Waals surface area (Å²) < 4.78 is 0. The Hall–Kier alpha value is -2.32. The number of nitriles is 1. The van der Waals surface area contributed by atoms with Crippen LogP contribution in [0.1, 0.15) is 11.4 Å². The van der Waals surface area contributed by atoms with Crippen molar-refractivity contribution >= 4 is 16.9 Å². The summed E-state index contributed by atoms with van der Waals surface area (Å²) in [7, 11) is 0. The van der Waals surface area contributed by atoms with Crippen LogP contribution in [0.3, 0.4) is 0 Å². The van der Waals surface area contributed by atoms with Crippen molar-refractivity contribution in [3.63, 3.8) is 0 Å². The predicted molar refractivity (Wildman–Crippen MR) is 80.7 cm³/mol. The molecule has 4 nitrogen and oxygen atoms in total. The van der Waals surface area contributed by atoms with Gasteiger partial charge in [-0.15, -0.1) is 11.3 Å². The van der Waals surface area contributed by atoms with Crippen LogP contribution in [-0.2, 0) is 0 Å². The first-order chi connectivity index (χ1) is 9.88. The van der Waals surface area contributed by atoms with Gasteiger partial charge < -0.3 is 10.6 Å². The third kappa shape index (κ3) is 2.51. The molecule has 3 rings (SSSR count). The van der Waals surface area contributed by atoms with Crippen molar-refractivity contribution in [3.8, 4) is 17.3 Å². The van der Waals surface area contributed by atoms with Gasteiger partial charge in [-0.2, -0.15) is 5.26 Å². The maximum Gasteiger partial charge on any atom is 0.138 e. The lowest BCUT2D eigenvalue weighted by Crippen LogP contribution is -2.35. The van der Waals surface area contributed by atoms with E-state index in [9.17, 15) is 5.26 Å². The molecule has 1 aliphatic heterocycles. The summed E-state index contributed by atoms with van der Waals surface area (Å²) in [5.41, 5.74) is 2.58. The number of hydrogen-bond donors (Lipinski definition) is 2. The monoisotopic (exact) mass is 282 g/mol. The van der Waals surface area contributed by atoms with Gasteiger partial charge in [0, 0.05) is 24.0 Å². The van der Waals surface area contributed by atoms with Gasteiger partial charge in [0.1, 0.15) is 22.5 Å². The maximum atomic E-state index is 9.39. The largest absolute Gasteiger partial charge is 0.371 e. The van der Waals surface area contributed by atoms with Crippen molar-refractivity contribution in [1.82, 2.24) is 15.6 Å². The van der Waals surface area contributed by atoms with Crippen LogP contribution in [0.15, 0.2) is 41.5 Å². The minimum Gasteiger partial charge on any atom is -0.371 e. The van der Waals surface area contributed by atoms with Crippen molar-refractivity contribution < 1.29 is 0 Å². The molecule has 2 aromatic rings. The molecule has 1 aliphatic rings. The Kier molecular flexibility index (Phi) is 3.66. The van der Waals surface area contributed by atoms with E-state index in [-0.39, 0.29) is 0 Å². The van der Waals surface area contributed by atoms with E-state index in [1.165, 1.54) is 11.3 Å². The number of hydrogen-bond acceptors (Lipinski definition) is 5. The van der Waals surface area contributed by atoms with Crippen LogP contribution in [0.4, 0.5) is 0 Å². The lowest BCUT2D eigenvalue weighted by atomic mass is 10.2. The summed E-state index contributed by atoms with van der Waals surface area (Å²) >= 11 is 1.50. The minimum atomic E-state index is 0.594. The second-order valence-corrected chi connectivity index (χ2v) is 5.33. The van der Waals surface area contributed by atoms with E-state index in [1.807, 2.05) is 35.7 Å². The van der Waals surface area contributed by atoms with E-state index in [0.717, 1.165) is 41.6 Å². The molecule has 0 saturated carbocycles. The van der Waals surface area contributed by atoms with Crippen LogP contribution in [0.2, 0.25) is 0 Å². The summed E-state index contributed by atoms with van der Waals surface area (Å²) in [6.45, 7) is 1.79. The highest BCUT2D eigenvalue weighted by molar-refractivity contribution is 7.11. The number of nitrogens with one attached hydrogen (secondary N) is 2. The molecule has 1 fully saturated rings. The quantitative estimate of drug-likeness (QED) is 0.831. The van der Waals surface area contributed by atoms with Crippen LogP contribution in [0.5, 0.6) is 0 Å². The number of rotatable bonds is 2. The lowest BCUT2D eigenvalue weighted by molar-refractivity contribution is 0.576. The molecular weight excluding hydrogens is 268 g/mol. The highest BCUT2D eigenvalue weighted by Gasteiger charge is 2.15. The Morgan fingerprint density at radius 2 is 1.95 bits per heavy atom. The maximum absolute atomic E-state index is 9.39. The second-order valence-electron chi connectivity index (χ2n) is 4.47. The van der Waals surface area contributed by atoms with Crippen LogP contribution in [0.25, 0.3) is 16.8 Å². The van der Waals surface area contributed by atoms with Gasteiger partial charge in [-0.1, -0.05) is 30.3 Å². The third-order valence-electron chi connectivity index (χ3n) is 3.11. The molecule has 0 bridgehead atoms. The first kappa shape index (κ1) is 12.7. The first-order valence-electron chi connectivity index (χ1n) is 6.52. The van der Waals surface area contributed by atoms with E-state index in [2.05, 4.69) is 21.7 Å². The molecule has 100 valence electrons. The van der Waals surface area contributed by atoms with Crippen molar-refractivity contribution in [2.45, 2.75) is 6.42 Å². The van der Waals surface area contributed by atoms with Gasteiger partial charge in [0.15, 0.2) is 0 Å². The summed E-state index contributed by atoms with van der Waals surface area (Å²) in [6, 6.07) is 12.3. The fraction of sp³-hybridized carbons (Fsp3) is 0.200. The van der Waals surface area contributed by atoms with Crippen molar-refractivity contribution in [3.05, 3.63) is 46.5 Å². The topological polar surface area (TPSA) is 60.7 Å². The second kappa shape index (κ2) is 5.76. The predicted octanol–water partition coefficient (Wildman–Crippen LogP) is 2.59. The molecule has 0 radical (unpaired) electrons. The van der Waals surface area contributed by atoms with Crippen LogP contribution in [0, 0.1) is 11.3 Å². The number of aromatic nitrogens is 1. The van der Waals surface area contributed by atoms with Crippen molar-refractivity contribution in [2.75, 3.05) is 13.1 Å². The van der Waals surface area contributed by atoms with Gasteiger partial charge in [0.2, 0.25) is 0 Å². The first-order valence-corrected chi connectivity index (χ1v) is 7.40. The zero-order valence-corrected chi connectivity index (χ0v) is 11.7. The van der Waals surface area contributed by atoms with E-state index < -0.39 is 0 Å². The zero-order valence-electron chi connectivity index (χ0n) is 10.9. The Morgan fingerprint density at radius 3 is 2.65 bits per heavy atom. The molecule has 2 N–H and O–H groups in total. The number of allylic oxidation sites excluding steroid dienone is 1. The number of thiazole rings is 1. The lowest BCUT2D eigenvalue weighted by Gasteiger charge is -2.19. The molecule has 1 aromatic heterocycles. The van der Waals surface area contributed by atoms with E-state index in [0.29, 0.717) is 5.57 Å². The average molecular weight is 282 g/mol. The Bertz CT molecular complexity index is 659. The fourth-order valence-corrected chi connectivity index (χ4v) is 2.92. The Labute approximate surface area is 121 Å². The molecule has 0 aliphatic carbocycles. The van der Waals surface area contributed by atoms with E-state index in [1.54, 1.807) is 0 Å². The van der Waals surface area contributed by atoms with Crippen LogP contribution in [-0.4, -0.2) is 18.1 Å². The zero-order chi connectivity index (χ0) is 13.8. The summed E-state index contributed by atoms with van der Waals surface area (Å²) in [5.74, 6) is 0.799. The van der Waals surface area contributed by atoms with Gasteiger partial charge in [-0.05, 0) is 6.42 Å². The summed E-state index contributed by atoms with van der Waals surface area (Å²) in [6.07, 6.45) is 1.06. The average Bonchev–Trinajstić information content (AvgIpc) is 3.00. The third-order valence-corrected chi connectivity index (χ3v) is 3.97. The molecule has 0 atom stereocenters. The normalized spacial score (nSPS) is 14.1. The van der Waals surface area contributed by atoms with Crippen LogP contribution < -0.4 is 10.6 Å². The van der Waals surface area contributed by atoms with Gasteiger partial charge >= 0.3 is 0 Å². The van der Waals surface area contributed by atoms with Gasteiger partial charge in [0.25, 0.3) is 0 Å².